The first-order valence-corrected chi connectivity index (χ1v) is 5.69. The molecule has 2 rings (SSSR count). The van der Waals surface area contributed by atoms with Crippen molar-refractivity contribution >= 4 is 5.91 Å². The maximum Gasteiger partial charge on any atom is 0.226 e. The third-order valence-corrected chi connectivity index (χ3v) is 3.98. The molecule has 0 bridgehead atoms. The fraction of sp³-hybridized carbons (Fsp3) is 0.750. The van der Waals surface area contributed by atoms with Crippen molar-refractivity contribution in [2.24, 2.45) is 11.8 Å². The fourth-order valence-electron chi connectivity index (χ4n) is 3.08. The van der Waals surface area contributed by atoms with Crippen molar-refractivity contribution in [1.29, 1.82) is 0 Å². The second-order valence-electron chi connectivity index (χ2n) is 5.18. The predicted molar refractivity (Wildman–Crippen MR) is 60.5 cm³/mol. The van der Waals surface area contributed by atoms with Crippen molar-refractivity contribution < 1.29 is 4.79 Å². The number of nitrogens with zero attached hydrogens (tertiary/aromatic N) is 1. The van der Waals surface area contributed by atoms with Crippen molar-refractivity contribution in [2.45, 2.75) is 25.8 Å². The first-order chi connectivity index (χ1) is 7.07. The van der Waals surface area contributed by atoms with E-state index in [0.29, 0.717) is 18.3 Å². The van der Waals surface area contributed by atoms with E-state index < -0.39 is 0 Å². The van der Waals surface area contributed by atoms with Gasteiger partial charge in [0.25, 0.3) is 0 Å². The Morgan fingerprint density at radius 2 is 2.33 bits per heavy atom. The minimum Gasteiger partial charge on any atom is -0.337 e. The standard InChI is InChI=1S/C12H20N2O/c1-4-5-11(15)14-8-9-6-13-7-10(9)12(14,2)3/h4,9-10,13H,1,5-8H2,2-3H3. The van der Waals surface area contributed by atoms with Gasteiger partial charge in [0.15, 0.2) is 0 Å². The van der Waals surface area contributed by atoms with E-state index in [4.69, 9.17) is 0 Å². The fourth-order valence-corrected chi connectivity index (χ4v) is 3.08. The first-order valence-electron chi connectivity index (χ1n) is 5.69. The molecule has 3 heteroatoms. The van der Waals surface area contributed by atoms with Crippen LogP contribution in [0.25, 0.3) is 0 Å². The summed E-state index contributed by atoms with van der Waals surface area (Å²) in [6.07, 6.45) is 2.17. The molecule has 2 aliphatic rings. The summed E-state index contributed by atoms with van der Waals surface area (Å²) in [6, 6.07) is 0. The van der Waals surface area contributed by atoms with Crippen LogP contribution in [0.4, 0.5) is 0 Å². The summed E-state index contributed by atoms with van der Waals surface area (Å²) in [5.41, 5.74) is 0.00819. The normalized spacial score (nSPS) is 32.8. The molecule has 2 saturated heterocycles. The lowest BCUT2D eigenvalue weighted by atomic mass is 9.85. The highest BCUT2D eigenvalue weighted by molar-refractivity contribution is 5.78. The summed E-state index contributed by atoms with van der Waals surface area (Å²) in [7, 11) is 0. The Labute approximate surface area is 91.5 Å². The van der Waals surface area contributed by atoms with Gasteiger partial charge < -0.3 is 10.2 Å². The van der Waals surface area contributed by atoms with E-state index in [0.717, 1.165) is 19.6 Å². The van der Waals surface area contributed by atoms with E-state index in [-0.39, 0.29) is 11.4 Å². The Morgan fingerprint density at radius 1 is 1.60 bits per heavy atom. The molecule has 0 aromatic heterocycles. The third kappa shape index (κ3) is 1.59. The Bertz CT molecular complexity index is 285. The topological polar surface area (TPSA) is 32.3 Å². The SMILES string of the molecule is C=CCC(=O)N1CC2CNCC2C1(C)C. The highest BCUT2D eigenvalue weighted by Gasteiger charge is 2.50. The molecule has 0 aromatic carbocycles. The van der Waals surface area contributed by atoms with Crippen molar-refractivity contribution in [2.75, 3.05) is 19.6 Å². The molecule has 2 atom stereocenters. The van der Waals surface area contributed by atoms with Crippen molar-refractivity contribution in [3.8, 4) is 0 Å². The number of fused-ring (bicyclic) bond motifs is 1. The van der Waals surface area contributed by atoms with E-state index >= 15 is 0 Å². The van der Waals surface area contributed by atoms with Gasteiger partial charge in [-0.1, -0.05) is 6.08 Å². The monoisotopic (exact) mass is 208 g/mol. The summed E-state index contributed by atoms with van der Waals surface area (Å²) in [4.78, 5) is 14.0. The molecule has 84 valence electrons. The predicted octanol–water partition coefficient (Wildman–Crippen LogP) is 1.02. The van der Waals surface area contributed by atoms with Crippen molar-refractivity contribution in [3.63, 3.8) is 0 Å². The summed E-state index contributed by atoms with van der Waals surface area (Å²) in [6.45, 7) is 11.0. The number of hydrogen-bond acceptors (Lipinski definition) is 2. The molecule has 2 unspecified atom stereocenters. The molecule has 2 fully saturated rings. The largest absolute Gasteiger partial charge is 0.337 e. The molecule has 2 aliphatic heterocycles. The van der Waals surface area contributed by atoms with Crippen LogP contribution in [0.15, 0.2) is 12.7 Å². The summed E-state index contributed by atoms with van der Waals surface area (Å²) in [5.74, 6) is 1.49. The molecule has 1 amide bonds. The smallest absolute Gasteiger partial charge is 0.226 e. The van der Waals surface area contributed by atoms with Gasteiger partial charge >= 0.3 is 0 Å². The maximum atomic E-state index is 11.9. The molecule has 0 aromatic rings. The number of carbonyl (C=O) groups is 1. The van der Waals surface area contributed by atoms with Crippen LogP contribution in [0, 0.1) is 11.8 Å². The molecule has 0 radical (unpaired) electrons. The molecule has 0 saturated carbocycles. The van der Waals surface area contributed by atoms with Gasteiger partial charge in [-0.15, -0.1) is 6.58 Å². The highest BCUT2D eigenvalue weighted by Crippen LogP contribution is 2.40. The zero-order valence-electron chi connectivity index (χ0n) is 9.62. The number of hydrogen-bond donors (Lipinski definition) is 1. The van der Waals surface area contributed by atoms with Crippen molar-refractivity contribution in [3.05, 3.63) is 12.7 Å². The zero-order chi connectivity index (χ0) is 11.1. The van der Waals surface area contributed by atoms with Gasteiger partial charge in [-0.3, -0.25) is 4.79 Å². The molecule has 3 nitrogen and oxygen atoms in total. The number of carbonyl (C=O) groups excluding carboxylic acids is 1. The lowest BCUT2D eigenvalue weighted by Crippen LogP contribution is -2.47. The van der Waals surface area contributed by atoms with E-state index in [1.54, 1.807) is 6.08 Å². The van der Waals surface area contributed by atoms with Crippen molar-refractivity contribution in [1.82, 2.24) is 10.2 Å². The van der Waals surface area contributed by atoms with Crippen LogP contribution < -0.4 is 5.32 Å². The number of rotatable bonds is 2. The molecule has 0 spiro atoms. The van der Waals surface area contributed by atoms with Crippen LogP contribution in [0.2, 0.25) is 0 Å². The Morgan fingerprint density at radius 3 is 2.93 bits per heavy atom. The summed E-state index contributed by atoms with van der Waals surface area (Å²) in [5, 5.41) is 3.41. The highest BCUT2D eigenvalue weighted by atomic mass is 16.2. The van der Waals surface area contributed by atoms with E-state index in [1.807, 2.05) is 4.90 Å². The van der Waals surface area contributed by atoms with E-state index in [9.17, 15) is 4.79 Å². The van der Waals surface area contributed by atoms with E-state index in [2.05, 4.69) is 25.7 Å². The first kappa shape index (κ1) is 10.7. The van der Waals surface area contributed by atoms with Crippen LogP contribution in [0.5, 0.6) is 0 Å². The molecular formula is C12H20N2O. The van der Waals surface area contributed by atoms with E-state index in [1.165, 1.54) is 0 Å². The van der Waals surface area contributed by atoms with Gasteiger partial charge in [0.1, 0.15) is 0 Å². The molecule has 2 heterocycles. The number of likely N-dealkylation sites (tertiary alicyclic amines) is 1. The molecular weight excluding hydrogens is 188 g/mol. The quantitative estimate of drug-likeness (QED) is 0.687. The third-order valence-electron chi connectivity index (χ3n) is 3.98. The van der Waals surface area contributed by atoms with Crippen LogP contribution in [-0.2, 0) is 4.79 Å². The van der Waals surface area contributed by atoms with Gasteiger partial charge in [-0.25, -0.2) is 0 Å². The van der Waals surface area contributed by atoms with Crippen LogP contribution in [0.3, 0.4) is 0 Å². The summed E-state index contributed by atoms with van der Waals surface area (Å²) >= 11 is 0. The minimum atomic E-state index is 0.00819. The van der Waals surface area contributed by atoms with Gasteiger partial charge in [0, 0.05) is 31.6 Å². The van der Waals surface area contributed by atoms with Crippen LogP contribution >= 0.6 is 0 Å². The van der Waals surface area contributed by atoms with Crippen LogP contribution in [-0.4, -0.2) is 36.0 Å². The molecule has 1 N–H and O–H groups in total. The van der Waals surface area contributed by atoms with Gasteiger partial charge in [-0.2, -0.15) is 0 Å². The average Bonchev–Trinajstić information content (AvgIpc) is 2.69. The number of amides is 1. The lowest BCUT2D eigenvalue weighted by molar-refractivity contribution is -0.134. The minimum absolute atomic E-state index is 0.00819. The Balaban J connectivity index is 2.15. The van der Waals surface area contributed by atoms with Gasteiger partial charge in [0.2, 0.25) is 5.91 Å². The number of nitrogens with one attached hydrogen (secondary N) is 1. The van der Waals surface area contributed by atoms with Crippen LogP contribution in [0.1, 0.15) is 20.3 Å². The second-order valence-corrected chi connectivity index (χ2v) is 5.18. The lowest BCUT2D eigenvalue weighted by Gasteiger charge is -2.35. The Hall–Kier alpha value is -0.830. The average molecular weight is 208 g/mol. The molecule has 0 aliphatic carbocycles. The zero-order valence-corrected chi connectivity index (χ0v) is 9.62. The summed E-state index contributed by atoms with van der Waals surface area (Å²) < 4.78 is 0. The maximum absolute atomic E-state index is 11.9. The Kier molecular flexibility index (Phi) is 2.59. The van der Waals surface area contributed by atoms with Gasteiger partial charge in [-0.05, 0) is 25.7 Å². The molecule has 15 heavy (non-hydrogen) atoms. The van der Waals surface area contributed by atoms with Gasteiger partial charge in [0.05, 0.1) is 0 Å². The second kappa shape index (κ2) is 3.63.